The molecule has 2 rings (SSSR count). The highest BCUT2D eigenvalue weighted by atomic mass is 31.2. The molecule has 0 radical (unpaired) electrons. The van der Waals surface area contributed by atoms with Crippen molar-refractivity contribution in [1.82, 2.24) is 0 Å². The van der Waals surface area contributed by atoms with Crippen molar-refractivity contribution in [3.63, 3.8) is 0 Å². The monoisotopic (exact) mass is 277 g/mol. The van der Waals surface area contributed by atoms with Crippen LogP contribution in [0.1, 0.15) is 0 Å². The van der Waals surface area contributed by atoms with Crippen molar-refractivity contribution in [3.8, 4) is 11.5 Å². The van der Waals surface area contributed by atoms with E-state index in [0.717, 1.165) is 11.4 Å². The van der Waals surface area contributed by atoms with E-state index in [4.69, 9.17) is 9.26 Å². The summed E-state index contributed by atoms with van der Waals surface area (Å²) in [6.07, 6.45) is 0. The van der Waals surface area contributed by atoms with Crippen LogP contribution in [-0.4, -0.2) is 13.8 Å². The van der Waals surface area contributed by atoms with Crippen molar-refractivity contribution in [2.75, 3.05) is 18.9 Å². The van der Waals surface area contributed by atoms with E-state index in [0.29, 0.717) is 5.75 Å². The quantitative estimate of drug-likeness (QED) is 0.839. The molecule has 1 N–H and O–H groups in total. The van der Waals surface area contributed by atoms with Gasteiger partial charge in [0.2, 0.25) is 0 Å². The van der Waals surface area contributed by atoms with Gasteiger partial charge < -0.3 is 14.3 Å². The molecule has 2 aromatic carbocycles. The molecule has 0 aliphatic heterocycles. The highest BCUT2D eigenvalue weighted by molar-refractivity contribution is 7.60. The number of hydrogen-bond donors (Lipinski definition) is 1. The van der Waals surface area contributed by atoms with Crippen LogP contribution in [0.15, 0.2) is 54.6 Å². The Morgan fingerprint density at radius 3 is 2.11 bits per heavy atom. The molecule has 2 aromatic rings. The zero-order valence-electron chi connectivity index (χ0n) is 10.9. The average Bonchev–Trinajstić information content (AvgIpc) is 2.39. The zero-order valence-corrected chi connectivity index (χ0v) is 11.8. The van der Waals surface area contributed by atoms with Gasteiger partial charge in [-0.2, -0.15) is 0 Å². The van der Waals surface area contributed by atoms with Gasteiger partial charge in [-0.3, -0.25) is 4.57 Å². The van der Waals surface area contributed by atoms with E-state index >= 15 is 0 Å². The Labute approximate surface area is 112 Å². The van der Waals surface area contributed by atoms with Gasteiger partial charge in [0.25, 0.3) is 0 Å². The molecule has 5 heteroatoms. The molecule has 19 heavy (non-hydrogen) atoms. The first-order valence-corrected chi connectivity index (χ1v) is 7.91. The standard InChI is InChI=1S/C14H16NO3P/c1-17-13-8-10-14(11-9-13)18-19(2,16)15-12-6-4-3-5-7-12/h3-11H,1-2H3,(H,15,16)/t19-/m1/s1. The van der Waals surface area contributed by atoms with Crippen LogP contribution in [-0.2, 0) is 4.57 Å². The van der Waals surface area contributed by atoms with E-state index in [2.05, 4.69) is 5.09 Å². The number of rotatable bonds is 5. The molecule has 0 saturated carbocycles. The first-order valence-electron chi connectivity index (χ1n) is 5.83. The van der Waals surface area contributed by atoms with Gasteiger partial charge in [-0.25, -0.2) is 0 Å². The van der Waals surface area contributed by atoms with E-state index in [1.165, 1.54) is 0 Å². The van der Waals surface area contributed by atoms with Gasteiger partial charge in [-0.05, 0) is 36.4 Å². The Kier molecular flexibility index (Phi) is 4.13. The maximum Gasteiger partial charge on any atom is 0.338 e. The summed E-state index contributed by atoms with van der Waals surface area (Å²) < 4.78 is 22.9. The van der Waals surface area contributed by atoms with Crippen LogP contribution in [0.25, 0.3) is 0 Å². The molecule has 0 heterocycles. The van der Waals surface area contributed by atoms with Crippen LogP contribution in [0.4, 0.5) is 5.69 Å². The molecule has 0 aliphatic carbocycles. The lowest BCUT2D eigenvalue weighted by molar-refractivity contribution is 0.413. The summed E-state index contributed by atoms with van der Waals surface area (Å²) in [6, 6.07) is 16.3. The predicted octanol–water partition coefficient (Wildman–Crippen LogP) is 4.01. The summed E-state index contributed by atoms with van der Waals surface area (Å²) in [5.41, 5.74) is 0.766. The fourth-order valence-corrected chi connectivity index (χ4v) is 2.80. The van der Waals surface area contributed by atoms with E-state index < -0.39 is 7.52 Å². The Balaban J connectivity index is 2.06. The van der Waals surface area contributed by atoms with Crippen molar-refractivity contribution in [3.05, 3.63) is 54.6 Å². The number of para-hydroxylation sites is 1. The largest absolute Gasteiger partial charge is 0.497 e. The molecule has 1 atom stereocenters. The molecular weight excluding hydrogens is 261 g/mol. The van der Waals surface area contributed by atoms with Gasteiger partial charge in [0, 0.05) is 12.4 Å². The molecule has 0 spiro atoms. The number of ether oxygens (including phenoxy) is 1. The van der Waals surface area contributed by atoms with Gasteiger partial charge in [0.15, 0.2) is 0 Å². The van der Waals surface area contributed by atoms with Crippen molar-refractivity contribution in [2.24, 2.45) is 0 Å². The molecule has 0 unspecified atom stereocenters. The van der Waals surface area contributed by atoms with Crippen molar-refractivity contribution < 1.29 is 13.8 Å². The molecule has 0 aromatic heterocycles. The second-order valence-corrected chi connectivity index (χ2v) is 6.19. The van der Waals surface area contributed by atoms with Crippen LogP contribution in [0.2, 0.25) is 0 Å². The highest BCUT2D eigenvalue weighted by Crippen LogP contribution is 2.43. The third-order valence-corrected chi connectivity index (χ3v) is 3.67. The van der Waals surface area contributed by atoms with E-state index in [1.807, 2.05) is 30.3 Å². The first kappa shape index (κ1) is 13.5. The van der Waals surface area contributed by atoms with Crippen LogP contribution >= 0.6 is 7.52 Å². The van der Waals surface area contributed by atoms with Crippen molar-refractivity contribution in [1.29, 1.82) is 0 Å². The number of anilines is 1. The minimum Gasteiger partial charge on any atom is -0.497 e. The van der Waals surface area contributed by atoms with Gasteiger partial charge in [0.1, 0.15) is 11.5 Å². The number of hydrogen-bond acceptors (Lipinski definition) is 3. The van der Waals surface area contributed by atoms with E-state index in [-0.39, 0.29) is 0 Å². The molecular formula is C14H16NO3P. The van der Waals surface area contributed by atoms with E-state index in [1.54, 1.807) is 38.0 Å². The van der Waals surface area contributed by atoms with Crippen LogP contribution in [0.5, 0.6) is 11.5 Å². The Bertz CT molecular complexity index is 569. The van der Waals surface area contributed by atoms with Crippen molar-refractivity contribution in [2.45, 2.75) is 0 Å². The lowest BCUT2D eigenvalue weighted by Gasteiger charge is -2.17. The minimum absolute atomic E-state index is 0.537. The molecule has 0 aliphatic rings. The van der Waals surface area contributed by atoms with Gasteiger partial charge >= 0.3 is 7.52 Å². The van der Waals surface area contributed by atoms with Crippen LogP contribution in [0.3, 0.4) is 0 Å². The number of nitrogens with one attached hydrogen (secondary N) is 1. The zero-order chi connectivity index (χ0) is 13.7. The lowest BCUT2D eigenvalue weighted by atomic mass is 10.3. The summed E-state index contributed by atoms with van der Waals surface area (Å²) in [5.74, 6) is 1.27. The molecule has 4 nitrogen and oxygen atoms in total. The van der Waals surface area contributed by atoms with Crippen molar-refractivity contribution >= 4 is 13.2 Å². The smallest absolute Gasteiger partial charge is 0.338 e. The normalized spacial score (nSPS) is 13.4. The third-order valence-electron chi connectivity index (χ3n) is 2.45. The molecule has 0 saturated heterocycles. The predicted molar refractivity (Wildman–Crippen MR) is 77.2 cm³/mol. The Hall–Kier alpha value is -1.93. The Morgan fingerprint density at radius 2 is 1.53 bits per heavy atom. The van der Waals surface area contributed by atoms with Crippen LogP contribution < -0.4 is 14.3 Å². The summed E-state index contributed by atoms with van der Waals surface area (Å²) in [5, 5.41) is 2.90. The average molecular weight is 277 g/mol. The maximum absolute atomic E-state index is 12.3. The summed E-state index contributed by atoms with van der Waals surface area (Å²) in [7, 11) is -1.36. The number of methoxy groups -OCH3 is 1. The minimum atomic E-state index is -2.95. The SMILES string of the molecule is COc1ccc(O[P@@](C)(=O)Nc2ccccc2)cc1. The molecule has 0 amide bonds. The maximum atomic E-state index is 12.3. The topological polar surface area (TPSA) is 47.6 Å². The number of benzene rings is 2. The van der Waals surface area contributed by atoms with Gasteiger partial charge in [-0.1, -0.05) is 18.2 Å². The van der Waals surface area contributed by atoms with Gasteiger partial charge in [0.05, 0.1) is 7.11 Å². The Morgan fingerprint density at radius 1 is 0.947 bits per heavy atom. The first-order chi connectivity index (χ1) is 9.09. The highest BCUT2D eigenvalue weighted by Gasteiger charge is 2.17. The molecule has 0 bridgehead atoms. The lowest BCUT2D eigenvalue weighted by Crippen LogP contribution is -2.02. The van der Waals surface area contributed by atoms with Gasteiger partial charge in [-0.15, -0.1) is 0 Å². The molecule has 0 fully saturated rings. The summed E-state index contributed by atoms with van der Waals surface area (Å²) in [6.45, 7) is 1.55. The summed E-state index contributed by atoms with van der Waals surface area (Å²) >= 11 is 0. The van der Waals surface area contributed by atoms with Crippen LogP contribution in [0, 0.1) is 0 Å². The second kappa shape index (κ2) is 5.81. The fourth-order valence-electron chi connectivity index (χ4n) is 1.61. The fraction of sp³-hybridized carbons (Fsp3) is 0.143. The second-order valence-electron chi connectivity index (χ2n) is 4.09. The van der Waals surface area contributed by atoms with E-state index in [9.17, 15) is 4.57 Å². The molecule has 100 valence electrons. The third kappa shape index (κ3) is 4.04. The summed E-state index contributed by atoms with van der Waals surface area (Å²) in [4.78, 5) is 0.